The summed E-state index contributed by atoms with van der Waals surface area (Å²) in [6.45, 7) is 5.39. The molecule has 0 bridgehead atoms. The Morgan fingerprint density at radius 3 is 1.55 bits per heavy atom. The Hall–Kier alpha value is -10.8. The highest BCUT2D eigenvalue weighted by atomic mass is 16.3. The van der Waals surface area contributed by atoms with Crippen LogP contribution in [0.5, 0.6) is 5.75 Å². The van der Waals surface area contributed by atoms with Gasteiger partial charge in [0.25, 0.3) is 0 Å². The van der Waals surface area contributed by atoms with Crippen LogP contribution >= 0.6 is 0 Å². The van der Waals surface area contributed by atoms with Crippen LogP contribution in [-0.4, -0.2) is 166 Å². The quantitative estimate of drug-likeness (QED) is 0.0128. The van der Waals surface area contributed by atoms with Crippen LogP contribution in [0.3, 0.4) is 0 Å². The van der Waals surface area contributed by atoms with Gasteiger partial charge in [0.05, 0.1) is 19.1 Å². The number of aromatic amines is 2. The number of nitrogens with two attached hydrogens (primary N) is 2. The van der Waals surface area contributed by atoms with E-state index in [1.165, 1.54) is 19.1 Å². The smallest absolute Gasteiger partial charge is 0.245 e. The summed E-state index contributed by atoms with van der Waals surface area (Å²) in [6, 6.07) is 17.0. The maximum atomic E-state index is 14.5. The van der Waals surface area contributed by atoms with E-state index < -0.39 is 132 Å². The molecule has 0 fully saturated rings. The molecule has 6 rings (SSSR count). The van der Waals surface area contributed by atoms with Crippen molar-refractivity contribution in [1.82, 2.24) is 68.5 Å². The number of nitrogens with one attached hydrogen (secondary N) is 14. The summed E-state index contributed by atoms with van der Waals surface area (Å²) in [5.41, 5.74) is 15.2. The van der Waals surface area contributed by atoms with Gasteiger partial charge in [-0.3, -0.25) is 58.1 Å². The lowest BCUT2D eigenvalue weighted by molar-refractivity contribution is -0.137. The van der Waals surface area contributed by atoms with Gasteiger partial charge in [0.1, 0.15) is 54.1 Å². The molecule has 2 heterocycles. The van der Waals surface area contributed by atoms with E-state index in [2.05, 4.69) is 68.5 Å². The standard InChI is InChI=1S/C65H84N16O13/c1-35(2)26-49(60(90)76-47(20-13-25-70-65(68)69-5)59(89)77-48(57(67)87)29-40-32-71-45-18-11-9-16-43(40)45)75-55(86)34-73-58(88)50(27-38-14-7-6-8-15-38)80-64(94)56(36(3)82)81-63(93)53(31-54(66)85)79-62(92)52(30-41-33-72-46-19-12-10-17-44(41)46)78-61(91)51(74-37(4)83)28-39-21-23-42(84)24-22-39/h6-12,14-19,21-24,32-33,35-36,47-53,56,71-72,82,84H,13,20,25-31,34H2,1-5H3,(H2,66,85)(H2,67,87)(H,73,88)(H,74,83)(H,75,86)(H,76,90)(H,77,89)(H,78,91)(H,79,92)(H,80,94)(H,81,93)(H3,68,69,70)/t36-,47+,48+,49+,50+,51-,52-,53+,56+/m1/s1. The number of carbonyl (C=O) groups excluding carboxylic acids is 11. The zero-order valence-corrected chi connectivity index (χ0v) is 52.9. The fraction of sp³-hybridized carbons (Fsp3) is 0.385. The number of hydrogen-bond acceptors (Lipinski definition) is 14. The number of phenols is 1. The molecule has 29 nitrogen and oxygen atoms in total. The molecule has 0 unspecified atom stereocenters. The van der Waals surface area contributed by atoms with E-state index in [-0.39, 0.29) is 69.1 Å². The number of aromatic nitrogens is 2. The second-order valence-electron chi connectivity index (χ2n) is 23.2. The molecule has 502 valence electrons. The van der Waals surface area contributed by atoms with Crippen molar-refractivity contribution in [2.75, 3.05) is 20.1 Å². The zero-order valence-electron chi connectivity index (χ0n) is 52.9. The number of phenolic OH excluding ortho intramolecular Hbond substituents is 1. The molecule has 94 heavy (non-hydrogen) atoms. The predicted octanol–water partition coefficient (Wildman–Crippen LogP) is -1.05. The molecule has 29 heteroatoms. The fourth-order valence-electron chi connectivity index (χ4n) is 10.4. The molecule has 0 aliphatic rings. The van der Waals surface area contributed by atoms with Crippen molar-refractivity contribution < 1.29 is 63.0 Å². The molecule has 9 atom stereocenters. The molecule has 0 radical (unpaired) electrons. The van der Waals surface area contributed by atoms with Crippen molar-refractivity contribution in [2.24, 2.45) is 17.4 Å². The third kappa shape index (κ3) is 22.2. The Labute approximate surface area is 542 Å². The normalized spacial score (nSPS) is 14.0. The number of guanidine groups is 1. The van der Waals surface area contributed by atoms with Gasteiger partial charge in [-0.15, -0.1) is 0 Å². The second kappa shape index (κ2) is 35.1. The maximum absolute atomic E-state index is 14.5. The van der Waals surface area contributed by atoms with E-state index >= 15 is 0 Å². The van der Waals surface area contributed by atoms with Crippen LogP contribution < -0.4 is 70.0 Å². The lowest BCUT2D eigenvalue weighted by atomic mass is 10.0. The van der Waals surface area contributed by atoms with Gasteiger partial charge in [0, 0.05) is 80.4 Å². The summed E-state index contributed by atoms with van der Waals surface area (Å²) in [4.78, 5) is 157. The summed E-state index contributed by atoms with van der Waals surface area (Å²) >= 11 is 0. The third-order valence-corrected chi connectivity index (χ3v) is 15.2. The second-order valence-corrected chi connectivity index (χ2v) is 23.2. The first kappa shape index (κ1) is 72.2. The molecule has 0 saturated heterocycles. The number of primary amides is 2. The number of aliphatic hydroxyl groups is 1. The molecule has 2 aromatic heterocycles. The summed E-state index contributed by atoms with van der Waals surface area (Å²) in [5.74, 6) is -10.2. The molecule has 20 N–H and O–H groups in total. The molecular formula is C65H84N16O13. The number of para-hydroxylation sites is 2. The lowest BCUT2D eigenvalue weighted by Gasteiger charge is -2.28. The number of aromatic hydroxyl groups is 1. The van der Waals surface area contributed by atoms with Gasteiger partial charge in [0.15, 0.2) is 5.96 Å². The number of benzene rings is 4. The minimum atomic E-state index is -1.88. The van der Waals surface area contributed by atoms with Gasteiger partial charge in [-0.05, 0) is 78.6 Å². The Kier molecular flexibility index (Phi) is 27.0. The van der Waals surface area contributed by atoms with E-state index in [4.69, 9.17) is 16.9 Å². The monoisotopic (exact) mass is 1300 g/mol. The molecule has 6 aromatic rings. The van der Waals surface area contributed by atoms with E-state index in [1.54, 1.807) is 100 Å². The third-order valence-electron chi connectivity index (χ3n) is 15.2. The minimum absolute atomic E-state index is 0.0120. The Bertz CT molecular complexity index is 3650. The molecule has 0 aliphatic carbocycles. The van der Waals surface area contributed by atoms with E-state index in [1.807, 2.05) is 24.3 Å². The first-order chi connectivity index (χ1) is 44.8. The summed E-state index contributed by atoms with van der Waals surface area (Å²) < 4.78 is 0. The number of carbonyl (C=O) groups is 11. The van der Waals surface area contributed by atoms with Gasteiger partial charge in [-0.25, -0.2) is 0 Å². The average molecular weight is 1300 g/mol. The number of amides is 11. The Balaban J connectivity index is 1.16. The fourth-order valence-corrected chi connectivity index (χ4v) is 10.4. The van der Waals surface area contributed by atoms with Crippen LogP contribution in [0.1, 0.15) is 75.6 Å². The Morgan fingerprint density at radius 2 is 1.00 bits per heavy atom. The number of rotatable bonds is 35. The predicted molar refractivity (Wildman–Crippen MR) is 348 cm³/mol. The summed E-state index contributed by atoms with van der Waals surface area (Å²) in [6.07, 6.45) is 0.648. The van der Waals surface area contributed by atoms with Crippen LogP contribution in [0, 0.1) is 11.3 Å². The van der Waals surface area contributed by atoms with Crippen LogP contribution in [0.25, 0.3) is 21.8 Å². The van der Waals surface area contributed by atoms with E-state index in [0.29, 0.717) is 33.2 Å². The highest BCUT2D eigenvalue weighted by Gasteiger charge is 2.36. The van der Waals surface area contributed by atoms with Crippen molar-refractivity contribution in [3.8, 4) is 5.75 Å². The topological polar surface area (TPSA) is 468 Å². The number of hydrogen-bond donors (Lipinski definition) is 18. The van der Waals surface area contributed by atoms with Crippen molar-refractivity contribution in [3.05, 3.63) is 138 Å². The first-order valence-corrected chi connectivity index (χ1v) is 30.6. The van der Waals surface area contributed by atoms with E-state index in [9.17, 15) is 63.0 Å². The molecular weight excluding hydrogens is 1210 g/mol. The van der Waals surface area contributed by atoms with Crippen LogP contribution in [0.15, 0.2) is 116 Å². The lowest BCUT2D eigenvalue weighted by Crippen LogP contribution is -2.62. The highest BCUT2D eigenvalue weighted by molar-refractivity contribution is 6.00. The van der Waals surface area contributed by atoms with Gasteiger partial charge in [-0.2, -0.15) is 0 Å². The number of fused-ring (bicyclic) bond motifs is 2. The Morgan fingerprint density at radius 1 is 0.521 bits per heavy atom. The van der Waals surface area contributed by atoms with Crippen molar-refractivity contribution in [1.29, 1.82) is 5.41 Å². The molecule has 0 aliphatic heterocycles. The van der Waals surface area contributed by atoms with Gasteiger partial charge < -0.3 is 90.1 Å². The van der Waals surface area contributed by atoms with E-state index in [0.717, 1.165) is 17.8 Å². The van der Waals surface area contributed by atoms with Crippen molar-refractivity contribution >= 4 is 92.7 Å². The molecule has 0 spiro atoms. The molecule has 0 saturated carbocycles. The molecule has 4 aromatic carbocycles. The van der Waals surface area contributed by atoms with Gasteiger partial charge in [0.2, 0.25) is 65.0 Å². The SMILES string of the molecule is CNC(=N)NCCC[C@H](NC(=O)[C@H](CC(C)C)NC(=O)CNC(=O)[C@H](Cc1ccccc1)NC(=O)[C@@H](NC(=O)[C@H](CC(N)=O)NC(=O)[C@@H](Cc1c[nH]c2ccccc12)NC(=O)[C@@H](Cc1ccc(O)cc1)NC(C)=O)[C@@H](C)O)C(=O)N[C@@H](Cc1c[nH]c2ccccc12)C(N)=O. The zero-order chi connectivity index (χ0) is 68.6. The molecule has 11 amide bonds. The van der Waals surface area contributed by atoms with Crippen molar-refractivity contribution in [2.45, 2.75) is 134 Å². The highest BCUT2D eigenvalue weighted by Crippen LogP contribution is 2.22. The minimum Gasteiger partial charge on any atom is -0.508 e. The van der Waals surface area contributed by atoms with Gasteiger partial charge in [-0.1, -0.05) is 92.7 Å². The van der Waals surface area contributed by atoms with Crippen LogP contribution in [0.2, 0.25) is 0 Å². The summed E-state index contributed by atoms with van der Waals surface area (Å²) in [5, 5.41) is 58.8. The number of aliphatic hydroxyl groups excluding tert-OH is 1. The van der Waals surface area contributed by atoms with Crippen LogP contribution in [0.4, 0.5) is 0 Å². The summed E-state index contributed by atoms with van der Waals surface area (Å²) in [7, 11) is 1.55. The number of H-pyrrole nitrogens is 2. The first-order valence-electron chi connectivity index (χ1n) is 30.6. The van der Waals surface area contributed by atoms with Crippen molar-refractivity contribution in [3.63, 3.8) is 0 Å². The average Bonchev–Trinajstić information content (AvgIpc) is 1.64. The van der Waals surface area contributed by atoms with Crippen LogP contribution in [-0.2, 0) is 78.4 Å². The van der Waals surface area contributed by atoms with Gasteiger partial charge >= 0.3 is 0 Å². The maximum Gasteiger partial charge on any atom is 0.245 e. The largest absolute Gasteiger partial charge is 0.508 e.